The first-order valence-corrected chi connectivity index (χ1v) is 8.05. The summed E-state index contributed by atoms with van der Waals surface area (Å²) in [6, 6.07) is 0. The molecule has 0 aromatic heterocycles. The largest absolute Gasteiger partial charge is 0.393 e. The second kappa shape index (κ2) is 6.55. The van der Waals surface area contributed by atoms with Gasteiger partial charge in [0.15, 0.2) is 0 Å². The van der Waals surface area contributed by atoms with Crippen LogP contribution in [0.4, 0.5) is 0 Å². The summed E-state index contributed by atoms with van der Waals surface area (Å²) >= 11 is 0. The lowest BCUT2D eigenvalue weighted by Gasteiger charge is -2.41. The van der Waals surface area contributed by atoms with Gasteiger partial charge >= 0.3 is 0 Å². The molecule has 2 fully saturated rings. The first-order chi connectivity index (χ1) is 8.97. The van der Waals surface area contributed by atoms with Crippen LogP contribution in [0, 0.1) is 23.7 Å². The maximum Gasteiger partial charge on any atom is 0.0590 e. The zero-order chi connectivity index (χ0) is 14.0. The summed E-state index contributed by atoms with van der Waals surface area (Å²) in [5.41, 5.74) is 0. The first-order valence-electron chi connectivity index (χ1n) is 8.05. The van der Waals surface area contributed by atoms with Gasteiger partial charge in [-0.1, -0.05) is 20.8 Å². The van der Waals surface area contributed by atoms with Crippen molar-refractivity contribution < 1.29 is 10.2 Å². The summed E-state index contributed by atoms with van der Waals surface area (Å²) in [6.45, 7) is 9.72. The third-order valence-electron chi connectivity index (χ3n) is 5.36. The first kappa shape index (κ1) is 15.3. The minimum Gasteiger partial charge on any atom is -0.393 e. The molecule has 3 nitrogen and oxygen atoms in total. The maximum atomic E-state index is 10.2. The fourth-order valence-corrected chi connectivity index (χ4v) is 3.80. The van der Waals surface area contributed by atoms with Gasteiger partial charge in [-0.15, -0.1) is 0 Å². The van der Waals surface area contributed by atoms with Crippen LogP contribution in [0.25, 0.3) is 0 Å². The van der Waals surface area contributed by atoms with Crippen molar-refractivity contribution in [3.8, 4) is 0 Å². The Morgan fingerprint density at radius 3 is 2.47 bits per heavy atom. The molecular weight excluding hydrogens is 238 g/mol. The quantitative estimate of drug-likeness (QED) is 0.825. The molecule has 2 N–H and O–H groups in total. The molecule has 1 aliphatic heterocycles. The van der Waals surface area contributed by atoms with E-state index in [4.69, 9.17) is 0 Å². The average Bonchev–Trinajstić information content (AvgIpc) is 2.36. The van der Waals surface area contributed by atoms with E-state index in [-0.39, 0.29) is 12.2 Å². The van der Waals surface area contributed by atoms with Crippen LogP contribution in [-0.2, 0) is 0 Å². The normalized spacial score (nSPS) is 41.7. The van der Waals surface area contributed by atoms with Crippen molar-refractivity contribution in [3.05, 3.63) is 0 Å². The van der Waals surface area contributed by atoms with Gasteiger partial charge in [0.1, 0.15) is 0 Å². The van der Waals surface area contributed by atoms with Gasteiger partial charge < -0.3 is 15.1 Å². The minimum atomic E-state index is -0.129. The Balaban J connectivity index is 1.86. The van der Waals surface area contributed by atoms with Crippen molar-refractivity contribution in [1.29, 1.82) is 0 Å². The van der Waals surface area contributed by atoms with Gasteiger partial charge in [0.05, 0.1) is 12.2 Å². The summed E-state index contributed by atoms with van der Waals surface area (Å²) in [4.78, 5) is 2.45. The molecule has 0 spiro atoms. The molecule has 0 aromatic rings. The van der Waals surface area contributed by atoms with Gasteiger partial charge in [0.25, 0.3) is 0 Å². The molecule has 5 atom stereocenters. The lowest BCUT2D eigenvalue weighted by atomic mass is 9.74. The minimum absolute atomic E-state index is 0.114. The van der Waals surface area contributed by atoms with Crippen LogP contribution >= 0.6 is 0 Å². The molecule has 0 bridgehead atoms. The smallest absolute Gasteiger partial charge is 0.0590 e. The lowest BCUT2D eigenvalue weighted by Crippen LogP contribution is -2.46. The lowest BCUT2D eigenvalue weighted by molar-refractivity contribution is -0.0101. The second-order valence-corrected chi connectivity index (χ2v) is 7.24. The molecule has 1 heterocycles. The van der Waals surface area contributed by atoms with Gasteiger partial charge in [0.2, 0.25) is 0 Å². The summed E-state index contributed by atoms with van der Waals surface area (Å²) in [6.07, 6.45) is 3.97. The molecule has 0 amide bonds. The summed E-state index contributed by atoms with van der Waals surface area (Å²) in [5, 5.41) is 20.0. The SMILES string of the molecule is CC(C)C1CCC(O)C(CN2CCC(O)C(C)C2)C1. The molecule has 112 valence electrons. The molecule has 2 rings (SSSR count). The number of aliphatic hydroxyl groups excluding tert-OH is 2. The molecule has 5 unspecified atom stereocenters. The highest BCUT2D eigenvalue weighted by atomic mass is 16.3. The Kier molecular flexibility index (Phi) is 5.27. The molecule has 0 radical (unpaired) electrons. The van der Waals surface area contributed by atoms with Crippen molar-refractivity contribution in [2.24, 2.45) is 23.7 Å². The van der Waals surface area contributed by atoms with Gasteiger partial charge in [-0.25, -0.2) is 0 Å². The van der Waals surface area contributed by atoms with E-state index >= 15 is 0 Å². The highest BCUT2D eigenvalue weighted by Crippen LogP contribution is 2.34. The molecule has 1 saturated heterocycles. The standard InChI is InChI=1S/C16H31NO2/c1-11(2)13-4-5-16(19)14(8-13)10-17-7-6-15(18)12(3)9-17/h11-16,18-19H,4-10H2,1-3H3. The van der Waals surface area contributed by atoms with Crippen molar-refractivity contribution >= 4 is 0 Å². The van der Waals surface area contributed by atoms with Crippen LogP contribution in [0.3, 0.4) is 0 Å². The number of rotatable bonds is 3. The van der Waals surface area contributed by atoms with E-state index in [9.17, 15) is 10.2 Å². The van der Waals surface area contributed by atoms with Gasteiger partial charge in [-0.3, -0.25) is 0 Å². The zero-order valence-electron chi connectivity index (χ0n) is 12.8. The fourth-order valence-electron chi connectivity index (χ4n) is 3.80. The number of hydrogen-bond donors (Lipinski definition) is 2. The number of aliphatic hydroxyl groups is 2. The number of hydrogen-bond acceptors (Lipinski definition) is 3. The summed E-state index contributed by atoms with van der Waals surface area (Å²) in [5.74, 6) is 2.32. The molecule has 3 heteroatoms. The Morgan fingerprint density at radius 2 is 1.84 bits per heavy atom. The van der Waals surface area contributed by atoms with Crippen molar-refractivity contribution in [3.63, 3.8) is 0 Å². The van der Waals surface area contributed by atoms with E-state index in [1.165, 1.54) is 12.8 Å². The average molecular weight is 269 g/mol. The van der Waals surface area contributed by atoms with Gasteiger partial charge in [-0.05, 0) is 49.4 Å². The van der Waals surface area contributed by atoms with Crippen LogP contribution in [-0.4, -0.2) is 47.0 Å². The third-order valence-corrected chi connectivity index (χ3v) is 5.36. The van der Waals surface area contributed by atoms with Crippen molar-refractivity contribution in [2.75, 3.05) is 19.6 Å². The topological polar surface area (TPSA) is 43.7 Å². The third kappa shape index (κ3) is 3.93. The maximum absolute atomic E-state index is 10.2. The Bertz CT molecular complexity index is 282. The van der Waals surface area contributed by atoms with Crippen LogP contribution in [0.15, 0.2) is 0 Å². The van der Waals surface area contributed by atoms with E-state index < -0.39 is 0 Å². The Morgan fingerprint density at radius 1 is 1.11 bits per heavy atom. The monoisotopic (exact) mass is 269 g/mol. The van der Waals surface area contributed by atoms with E-state index in [0.29, 0.717) is 11.8 Å². The summed E-state index contributed by atoms with van der Waals surface area (Å²) in [7, 11) is 0. The fraction of sp³-hybridized carbons (Fsp3) is 1.00. The molecular formula is C16H31NO2. The molecule has 0 aromatic carbocycles. The van der Waals surface area contributed by atoms with Crippen molar-refractivity contribution in [1.82, 2.24) is 4.90 Å². The van der Waals surface area contributed by atoms with E-state index in [1.54, 1.807) is 0 Å². The number of piperidine rings is 1. The predicted octanol–water partition coefficient (Wildman–Crippen LogP) is 2.12. The van der Waals surface area contributed by atoms with Crippen LogP contribution < -0.4 is 0 Å². The highest BCUT2D eigenvalue weighted by molar-refractivity contribution is 4.85. The zero-order valence-corrected chi connectivity index (χ0v) is 12.8. The number of likely N-dealkylation sites (tertiary alicyclic amines) is 1. The number of nitrogens with zero attached hydrogens (tertiary/aromatic N) is 1. The Hall–Kier alpha value is -0.120. The molecule has 1 aliphatic carbocycles. The predicted molar refractivity (Wildman–Crippen MR) is 77.9 cm³/mol. The second-order valence-electron chi connectivity index (χ2n) is 7.24. The van der Waals surface area contributed by atoms with E-state index in [0.717, 1.165) is 44.3 Å². The molecule has 19 heavy (non-hydrogen) atoms. The van der Waals surface area contributed by atoms with Gasteiger partial charge in [-0.2, -0.15) is 0 Å². The van der Waals surface area contributed by atoms with Crippen LogP contribution in [0.2, 0.25) is 0 Å². The van der Waals surface area contributed by atoms with Crippen LogP contribution in [0.1, 0.15) is 46.5 Å². The van der Waals surface area contributed by atoms with E-state index in [1.807, 2.05) is 0 Å². The Labute approximate surface area is 118 Å². The molecule has 1 saturated carbocycles. The van der Waals surface area contributed by atoms with Crippen molar-refractivity contribution in [2.45, 2.75) is 58.7 Å². The highest BCUT2D eigenvalue weighted by Gasteiger charge is 2.33. The van der Waals surface area contributed by atoms with Crippen LogP contribution in [0.5, 0.6) is 0 Å². The molecule has 2 aliphatic rings. The van der Waals surface area contributed by atoms with E-state index in [2.05, 4.69) is 25.7 Å². The summed E-state index contributed by atoms with van der Waals surface area (Å²) < 4.78 is 0. The van der Waals surface area contributed by atoms with Gasteiger partial charge in [0, 0.05) is 19.6 Å².